The standard InChI is InChI=1S/C12H10F3N3O2/c13-12(14,15)8-20-7-11(19)9-1-3-10(4-2-9)18-6-5-16-17-18/h1-6H,7-8H2. The molecule has 1 aromatic carbocycles. The van der Waals surface area contributed by atoms with Crippen LogP contribution in [0.15, 0.2) is 36.7 Å². The van der Waals surface area contributed by atoms with Crippen LogP contribution in [-0.4, -0.2) is 40.2 Å². The molecule has 0 unspecified atom stereocenters. The van der Waals surface area contributed by atoms with E-state index in [1.54, 1.807) is 18.3 Å². The van der Waals surface area contributed by atoms with E-state index >= 15 is 0 Å². The Morgan fingerprint density at radius 1 is 1.25 bits per heavy atom. The molecule has 1 aromatic heterocycles. The van der Waals surface area contributed by atoms with Gasteiger partial charge in [-0.05, 0) is 24.3 Å². The molecule has 2 rings (SSSR count). The fourth-order valence-corrected chi connectivity index (χ4v) is 1.49. The molecule has 2 aromatic rings. The number of Topliss-reactive ketones (excluding diaryl/α,β-unsaturated/α-hetero) is 1. The van der Waals surface area contributed by atoms with Gasteiger partial charge in [0.05, 0.1) is 18.1 Å². The number of carbonyl (C=O) groups excluding carboxylic acids is 1. The molecule has 1 heterocycles. The lowest BCUT2D eigenvalue weighted by atomic mass is 10.1. The van der Waals surface area contributed by atoms with Crippen molar-refractivity contribution in [3.63, 3.8) is 0 Å². The highest BCUT2D eigenvalue weighted by molar-refractivity contribution is 5.97. The zero-order chi connectivity index (χ0) is 14.6. The highest BCUT2D eigenvalue weighted by Gasteiger charge is 2.27. The van der Waals surface area contributed by atoms with Gasteiger partial charge in [-0.1, -0.05) is 5.21 Å². The predicted octanol–water partition coefficient (Wildman–Crippen LogP) is 2.03. The maximum atomic E-state index is 11.9. The topological polar surface area (TPSA) is 57.0 Å². The molecule has 8 heteroatoms. The molecule has 0 saturated carbocycles. The van der Waals surface area contributed by atoms with E-state index < -0.39 is 25.2 Å². The molecule has 0 aliphatic carbocycles. The summed E-state index contributed by atoms with van der Waals surface area (Å²) in [7, 11) is 0. The first kappa shape index (κ1) is 14.2. The van der Waals surface area contributed by atoms with Crippen LogP contribution in [0.2, 0.25) is 0 Å². The normalized spacial score (nSPS) is 11.6. The first-order valence-electron chi connectivity index (χ1n) is 5.60. The van der Waals surface area contributed by atoms with E-state index in [-0.39, 0.29) is 5.56 Å². The summed E-state index contributed by atoms with van der Waals surface area (Å²) < 4.78 is 41.4. The lowest BCUT2D eigenvalue weighted by Gasteiger charge is -2.07. The summed E-state index contributed by atoms with van der Waals surface area (Å²) in [5, 5.41) is 7.41. The van der Waals surface area contributed by atoms with Crippen molar-refractivity contribution in [1.29, 1.82) is 0 Å². The van der Waals surface area contributed by atoms with Crippen molar-refractivity contribution in [2.45, 2.75) is 6.18 Å². The van der Waals surface area contributed by atoms with Crippen molar-refractivity contribution in [3.8, 4) is 5.69 Å². The maximum absolute atomic E-state index is 11.9. The fourth-order valence-electron chi connectivity index (χ4n) is 1.49. The second-order valence-corrected chi connectivity index (χ2v) is 3.93. The highest BCUT2D eigenvalue weighted by atomic mass is 19.4. The van der Waals surface area contributed by atoms with E-state index in [1.165, 1.54) is 23.0 Å². The number of ether oxygens (including phenoxy) is 1. The minimum atomic E-state index is -4.43. The smallest absolute Gasteiger partial charge is 0.364 e. The van der Waals surface area contributed by atoms with E-state index in [4.69, 9.17) is 0 Å². The minimum absolute atomic E-state index is 0.274. The average molecular weight is 285 g/mol. The number of hydrogen-bond donors (Lipinski definition) is 0. The average Bonchev–Trinajstić information content (AvgIpc) is 2.91. The summed E-state index contributed by atoms with van der Waals surface area (Å²) in [6.45, 7) is -2.04. The molecule has 0 aliphatic heterocycles. The third-order valence-electron chi connectivity index (χ3n) is 2.38. The molecule has 0 spiro atoms. The van der Waals surface area contributed by atoms with E-state index in [1.807, 2.05) is 0 Å². The van der Waals surface area contributed by atoms with Gasteiger partial charge in [-0.15, -0.1) is 5.10 Å². The van der Waals surface area contributed by atoms with Crippen molar-refractivity contribution < 1.29 is 22.7 Å². The number of alkyl halides is 3. The summed E-state index contributed by atoms with van der Waals surface area (Å²) in [5.74, 6) is -0.514. The second kappa shape index (κ2) is 5.83. The number of halogens is 3. The number of rotatable bonds is 5. The van der Waals surface area contributed by atoms with Crippen LogP contribution in [-0.2, 0) is 4.74 Å². The van der Waals surface area contributed by atoms with Gasteiger partial charge in [-0.25, -0.2) is 4.68 Å². The Balaban J connectivity index is 1.94. The van der Waals surface area contributed by atoms with Gasteiger partial charge in [0.2, 0.25) is 0 Å². The summed E-state index contributed by atoms with van der Waals surface area (Å²) in [6, 6.07) is 6.23. The number of carbonyl (C=O) groups is 1. The van der Waals surface area contributed by atoms with Crippen LogP contribution in [0.3, 0.4) is 0 Å². The zero-order valence-electron chi connectivity index (χ0n) is 10.2. The van der Waals surface area contributed by atoms with Crippen LogP contribution in [0, 0.1) is 0 Å². The molecule has 0 saturated heterocycles. The van der Waals surface area contributed by atoms with Gasteiger partial charge in [0.1, 0.15) is 13.2 Å². The summed E-state index contributed by atoms with van der Waals surface area (Å²) >= 11 is 0. The molecule has 0 bridgehead atoms. The van der Waals surface area contributed by atoms with E-state index in [2.05, 4.69) is 15.0 Å². The van der Waals surface area contributed by atoms with Crippen molar-refractivity contribution in [2.24, 2.45) is 0 Å². The summed E-state index contributed by atoms with van der Waals surface area (Å²) in [6.07, 6.45) is -1.30. The van der Waals surface area contributed by atoms with Crippen LogP contribution in [0.1, 0.15) is 10.4 Å². The van der Waals surface area contributed by atoms with Crippen molar-refractivity contribution >= 4 is 5.78 Å². The minimum Gasteiger partial charge on any atom is -0.364 e. The third kappa shape index (κ3) is 3.89. The molecule has 0 atom stereocenters. The Kier molecular flexibility index (Phi) is 4.14. The summed E-state index contributed by atoms with van der Waals surface area (Å²) in [4.78, 5) is 11.6. The maximum Gasteiger partial charge on any atom is 0.411 e. The number of nitrogens with zero attached hydrogens (tertiary/aromatic N) is 3. The lowest BCUT2D eigenvalue weighted by molar-refractivity contribution is -0.170. The quantitative estimate of drug-likeness (QED) is 0.789. The zero-order valence-corrected chi connectivity index (χ0v) is 10.2. The molecule has 0 fully saturated rings. The molecular weight excluding hydrogens is 275 g/mol. The largest absolute Gasteiger partial charge is 0.411 e. The SMILES string of the molecule is O=C(COCC(F)(F)F)c1ccc(-n2ccnn2)cc1. The van der Waals surface area contributed by atoms with Crippen LogP contribution in [0.25, 0.3) is 5.69 Å². The Labute approximate surface area is 112 Å². The van der Waals surface area contributed by atoms with Gasteiger partial charge in [0.25, 0.3) is 0 Å². The number of hydrogen-bond acceptors (Lipinski definition) is 4. The van der Waals surface area contributed by atoms with Crippen LogP contribution >= 0.6 is 0 Å². The van der Waals surface area contributed by atoms with Crippen LogP contribution in [0.4, 0.5) is 13.2 Å². The highest BCUT2D eigenvalue weighted by Crippen LogP contribution is 2.15. The third-order valence-corrected chi connectivity index (χ3v) is 2.38. The van der Waals surface area contributed by atoms with E-state index in [0.717, 1.165) is 0 Å². The Morgan fingerprint density at radius 2 is 1.95 bits per heavy atom. The molecule has 20 heavy (non-hydrogen) atoms. The molecule has 0 aliphatic rings. The molecule has 0 N–H and O–H groups in total. The molecule has 0 radical (unpaired) electrons. The van der Waals surface area contributed by atoms with Gasteiger partial charge < -0.3 is 4.74 Å². The Bertz CT molecular complexity index is 565. The molecular formula is C12H10F3N3O2. The van der Waals surface area contributed by atoms with Crippen LogP contribution in [0.5, 0.6) is 0 Å². The number of aromatic nitrogens is 3. The Morgan fingerprint density at radius 3 is 2.50 bits per heavy atom. The lowest BCUT2D eigenvalue weighted by Crippen LogP contribution is -2.20. The van der Waals surface area contributed by atoms with E-state index in [0.29, 0.717) is 5.69 Å². The van der Waals surface area contributed by atoms with E-state index in [9.17, 15) is 18.0 Å². The summed E-state index contributed by atoms with van der Waals surface area (Å²) in [5.41, 5.74) is 0.964. The monoisotopic (exact) mass is 285 g/mol. The van der Waals surface area contributed by atoms with Crippen LogP contribution < -0.4 is 0 Å². The second-order valence-electron chi connectivity index (χ2n) is 3.93. The van der Waals surface area contributed by atoms with Crippen molar-refractivity contribution in [1.82, 2.24) is 15.0 Å². The molecule has 5 nitrogen and oxygen atoms in total. The fraction of sp³-hybridized carbons (Fsp3) is 0.250. The first-order valence-corrected chi connectivity index (χ1v) is 5.60. The number of ketones is 1. The molecule has 106 valence electrons. The Hall–Kier alpha value is -2.22. The molecule has 0 amide bonds. The van der Waals surface area contributed by atoms with Gasteiger partial charge >= 0.3 is 6.18 Å². The van der Waals surface area contributed by atoms with Crippen molar-refractivity contribution in [3.05, 3.63) is 42.2 Å². The van der Waals surface area contributed by atoms with Gasteiger partial charge in [-0.2, -0.15) is 13.2 Å². The van der Waals surface area contributed by atoms with Gasteiger partial charge in [-0.3, -0.25) is 4.79 Å². The van der Waals surface area contributed by atoms with Gasteiger partial charge in [0, 0.05) is 5.56 Å². The number of benzene rings is 1. The predicted molar refractivity (Wildman–Crippen MR) is 62.6 cm³/mol. The van der Waals surface area contributed by atoms with Crippen molar-refractivity contribution in [2.75, 3.05) is 13.2 Å². The first-order chi connectivity index (χ1) is 9.46. The van der Waals surface area contributed by atoms with Gasteiger partial charge in [0.15, 0.2) is 5.78 Å².